The van der Waals surface area contributed by atoms with Crippen LogP contribution in [0.3, 0.4) is 0 Å². The zero-order valence-electron chi connectivity index (χ0n) is 11.1. The molecule has 0 saturated heterocycles. The van der Waals surface area contributed by atoms with E-state index in [-0.39, 0.29) is 10.7 Å². The molecule has 0 fully saturated rings. The number of sulfonamides is 1. The van der Waals surface area contributed by atoms with Gasteiger partial charge in [0.1, 0.15) is 10.7 Å². The van der Waals surface area contributed by atoms with E-state index in [2.05, 4.69) is 46.9 Å². The largest absolute Gasteiger partial charge is 0.312 e. The van der Waals surface area contributed by atoms with Crippen molar-refractivity contribution in [2.75, 3.05) is 11.3 Å². The number of thiophene rings is 1. The molecule has 0 saturated carbocycles. The molecule has 114 valence electrons. The van der Waals surface area contributed by atoms with Gasteiger partial charge in [-0.1, -0.05) is 6.92 Å². The van der Waals surface area contributed by atoms with Gasteiger partial charge in [-0.15, -0.1) is 11.3 Å². The molecule has 5 nitrogen and oxygen atoms in total. The molecule has 2 heterocycles. The molecule has 0 aliphatic heterocycles. The average Bonchev–Trinajstić information content (AvgIpc) is 2.81. The third-order valence-electron chi connectivity index (χ3n) is 2.51. The van der Waals surface area contributed by atoms with Crippen LogP contribution in [-0.2, 0) is 16.6 Å². The molecule has 0 aromatic carbocycles. The first-order valence-corrected chi connectivity index (χ1v) is 9.94. The predicted octanol–water partition coefficient (Wildman–Crippen LogP) is 3.58. The minimum Gasteiger partial charge on any atom is -0.312 e. The summed E-state index contributed by atoms with van der Waals surface area (Å²) in [5.41, 5.74) is 0. The number of hydrogen-bond donors (Lipinski definition) is 2. The molecule has 0 spiro atoms. The first-order chi connectivity index (χ1) is 9.92. The van der Waals surface area contributed by atoms with E-state index in [0.29, 0.717) is 10.3 Å². The molecule has 21 heavy (non-hydrogen) atoms. The molecule has 0 aliphatic rings. The van der Waals surface area contributed by atoms with E-state index in [1.165, 1.54) is 17.5 Å². The lowest BCUT2D eigenvalue weighted by Crippen LogP contribution is -2.14. The van der Waals surface area contributed by atoms with E-state index in [0.717, 1.165) is 15.9 Å². The van der Waals surface area contributed by atoms with Crippen LogP contribution in [0.1, 0.15) is 11.8 Å². The van der Waals surface area contributed by atoms with Crippen LogP contribution in [0.25, 0.3) is 0 Å². The SMILES string of the molecule is CCNCc1cc(S(=O)(=O)Nc2ccc(Br)cn2)c(Br)s1. The quantitative estimate of drug-likeness (QED) is 0.699. The first-order valence-electron chi connectivity index (χ1n) is 6.05. The van der Waals surface area contributed by atoms with Crippen LogP contribution in [0, 0.1) is 0 Å². The van der Waals surface area contributed by atoms with Gasteiger partial charge in [-0.05, 0) is 56.6 Å². The fourth-order valence-electron chi connectivity index (χ4n) is 1.55. The van der Waals surface area contributed by atoms with E-state index in [9.17, 15) is 8.42 Å². The molecule has 0 aliphatic carbocycles. The molecule has 0 unspecified atom stereocenters. The topological polar surface area (TPSA) is 71.1 Å². The van der Waals surface area contributed by atoms with Crippen LogP contribution < -0.4 is 10.0 Å². The zero-order chi connectivity index (χ0) is 15.5. The van der Waals surface area contributed by atoms with Crippen molar-refractivity contribution in [3.8, 4) is 0 Å². The van der Waals surface area contributed by atoms with Crippen LogP contribution in [0.15, 0.2) is 37.6 Å². The summed E-state index contributed by atoms with van der Waals surface area (Å²) in [7, 11) is -3.65. The van der Waals surface area contributed by atoms with Crippen LogP contribution in [0.2, 0.25) is 0 Å². The Bertz CT molecular complexity index is 715. The van der Waals surface area contributed by atoms with E-state index >= 15 is 0 Å². The Labute approximate surface area is 144 Å². The zero-order valence-corrected chi connectivity index (χ0v) is 15.9. The Morgan fingerprint density at radius 2 is 2.10 bits per heavy atom. The second-order valence-electron chi connectivity index (χ2n) is 4.10. The summed E-state index contributed by atoms with van der Waals surface area (Å²) >= 11 is 7.97. The van der Waals surface area contributed by atoms with Crippen molar-refractivity contribution in [2.24, 2.45) is 0 Å². The van der Waals surface area contributed by atoms with Gasteiger partial charge in [0, 0.05) is 22.1 Å². The van der Waals surface area contributed by atoms with Crippen LogP contribution in [0.5, 0.6) is 0 Å². The second-order valence-corrected chi connectivity index (χ2v) is 9.12. The smallest absolute Gasteiger partial charge is 0.265 e. The highest BCUT2D eigenvalue weighted by Crippen LogP contribution is 2.32. The normalized spacial score (nSPS) is 11.6. The number of halogens is 2. The predicted molar refractivity (Wildman–Crippen MR) is 92.1 cm³/mol. The molecule has 0 atom stereocenters. The number of rotatable bonds is 6. The number of hydrogen-bond acceptors (Lipinski definition) is 5. The Kier molecular flexibility index (Phi) is 5.78. The van der Waals surface area contributed by atoms with Gasteiger partial charge in [-0.25, -0.2) is 13.4 Å². The summed E-state index contributed by atoms with van der Waals surface area (Å²) in [6, 6.07) is 4.99. The third kappa shape index (κ3) is 4.49. The fraction of sp³-hybridized carbons (Fsp3) is 0.250. The van der Waals surface area contributed by atoms with Gasteiger partial charge in [0.25, 0.3) is 10.0 Å². The summed E-state index contributed by atoms with van der Waals surface area (Å²) in [6.07, 6.45) is 1.54. The van der Waals surface area contributed by atoms with Crippen molar-refractivity contribution >= 4 is 59.0 Å². The Morgan fingerprint density at radius 3 is 2.71 bits per heavy atom. The van der Waals surface area contributed by atoms with Crippen molar-refractivity contribution in [1.82, 2.24) is 10.3 Å². The number of pyridine rings is 1. The monoisotopic (exact) mass is 453 g/mol. The molecule has 2 aromatic rings. The lowest BCUT2D eigenvalue weighted by molar-refractivity contribution is 0.601. The maximum absolute atomic E-state index is 12.4. The Balaban J connectivity index is 2.22. The average molecular weight is 455 g/mol. The number of nitrogens with one attached hydrogen (secondary N) is 2. The van der Waals surface area contributed by atoms with Gasteiger partial charge < -0.3 is 5.32 Å². The van der Waals surface area contributed by atoms with Crippen molar-refractivity contribution < 1.29 is 8.42 Å². The molecular formula is C12H13Br2N3O2S2. The molecule has 0 amide bonds. The standard InChI is InChI=1S/C12H13Br2N3O2S2/c1-2-15-7-9-5-10(12(14)20-9)21(18,19)17-11-4-3-8(13)6-16-11/h3-6,15H,2,7H2,1H3,(H,16,17). The lowest BCUT2D eigenvalue weighted by Gasteiger charge is -2.06. The molecule has 0 bridgehead atoms. The van der Waals surface area contributed by atoms with E-state index in [1.807, 2.05) is 6.92 Å². The molecule has 2 aromatic heterocycles. The third-order valence-corrected chi connectivity index (χ3v) is 6.59. The van der Waals surface area contributed by atoms with Crippen molar-refractivity contribution in [3.05, 3.63) is 37.5 Å². The van der Waals surface area contributed by atoms with Crippen molar-refractivity contribution in [3.63, 3.8) is 0 Å². The van der Waals surface area contributed by atoms with E-state index in [1.54, 1.807) is 18.2 Å². The van der Waals surface area contributed by atoms with Gasteiger partial charge in [0.2, 0.25) is 0 Å². The van der Waals surface area contributed by atoms with Gasteiger partial charge in [-0.3, -0.25) is 4.72 Å². The summed E-state index contributed by atoms with van der Waals surface area (Å²) in [4.78, 5) is 5.19. The molecule has 2 rings (SSSR count). The molecule has 9 heteroatoms. The maximum atomic E-state index is 12.4. The number of nitrogens with zero attached hydrogens (tertiary/aromatic N) is 1. The molecule has 2 N–H and O–H groups in total. The number of aromatic nitrogens is 1. The minimum atomic E-state index is -3.65. The van der Waals surface area contributed by atoms with Crippen LogP contribution in [-0.4, -0.2) is 19.9 Å². The van der Waals surface area contributed by atoms with Gasteiger partial charge in [0.05, 0.1) is 3.79 Å². The van der Waals surface area contributed by atoms with Gasteiger partial charge >= 0.3 is 0 Å². The van der Waals surface area contributed by atoms with Crippen LogP contribution >= 0.6 is 43.2 Å². The summed E-state index contributed by atoms with van der Waals surface area (Å²) < 4.78 is 28.6. The minimum absolute atomic E-state index is 0.227. The highest BCUT2D eigenvalue weighted by Gasteiger charge is 2.21. The highest BCUT2D eigenvalue weighted by molar-refractivity contribution is 9.11. The summed E-state index contributed by atoms with van der Waals surface area (Å²) in [5.74, 6) is 0.282. The highest BCUT2D eigenvalue weighted by atomic mass is 79.9. The summed E-state index contributed by atoms with van der Waals surface area (Å²) in [5, 5.41) is 3.17. The number of anilines is 1. The Morgan fingerprint density at radius 1 is 1.33 bits per heavy atom. The van der Waals surface area contributed by atoms with Crippen molar-refractivity contribution in [1.29, 1.82) is 0 Å². The van der Waals surface area contributed by atoms with Crippen LogP contribution in [0.4, 0.5) is 5.82 Å². The van der Waals surface area contributed by atoms with E-state index in [4.69, 9.17) is 0 Å². The van der Waals surface area contributed by atoms with Crippen molar-refractivity contribution in [2.45, 2.75) is 18.4 Å². The Hall–Kier alpha value is -0.480. The maximum Gasteiger partial charge on any atom is 0.265 e. The molecular weight excluding hydrogens is 442 g/mol. The van der Waals surface area contributed by atoms with E-state index < -0.39 is 10.0 Å². The van der Waals surface area contributed by atoms with Gasteiger partial charge in [0.15, 0.2) is 0 Å². The first kappa shape index (κ1) is 16.9. The van der Waals surface area contributed by atoms with Gasteiger partial charge in [-0.2, -0.15) is 0 Å². The second kappa shape index (κ2) is 7.19. The molecule has 0 radical (unpaired) electrons. The lowest BCUT2D eigenvalue weighted by atomic mass is 10.4. The summed E-state index contributed by atoms with van der Waals surface area (Å²) in [6.45, 7) is 3.48. The fourth-order valence-corrected chi connectivity index (χ4v) is 5.44.